The van der Waals surface area contributed by atoms with Crippen LogP contribution < -0.4 is 10.1 Å². The Morgan fingerprint density at radius 2 is 1.62 bits per heavy atom. The highest BCUT2D eigenvalue weighted by molar-refractivity contribution is 6.03. The van der Waals surface area contributed by atoms with Crippen LogP contribution in [0.25, 0.3) is 0 Å². The van der Waals surface area contributed by atoms with E-state index in [1.54, 1.807) is 0 Å². The van der Waals surface area contributed by atoms with Gasteiger partial charge in [0.1, 0.15) is 17.3 Å². The maximum absolute atomic E-state index is 6.07. The lowest BCUT2D eigenvalue weighted by atomic mass is 10.1. The first-order valence-electron chi connectivity index (χ1n) is 7.32. The number of rotatable bonds is 0. The van der Waals surface area contributed by atoms with E-state index in [0.29, 0.717) is 0 Å². The van der Waals surface area contributed by atoms with E-state index < -0.39 is 0 Å². The molecule has 21 heavy (non-hydrogen) atoms. The maximum Gasteiger partial charge on any atom is 0.153 e. The Hall–Kier alpha value is -2.33. The van der Waals surface area contributed by atoms with Crippen molar-refractivity contribution >= 4 is 11.5 Å². The van der Waals surface area contributed by atoms with Crippen LogP contribution in [0.3, 0.4) is 0 Å². The monoisotopic (exact) mass is 279 g/mol. The van der Waals surface area contributed by atoms with Gasteiger partial charge in [0.2, 0.25) is 0 Å². The van der Waals surface area contributed by atoms with Gasteiger partial charge < -0.3 is 15.0 Å². The molecule has 0 aliphatic carbocycles. The molecule has 2 aromatic rings. The number of amidine groups is 1. The number of hydrogen-bond donors (Lipinski definition) is 1. The molecule has 1 saturated heterocycles. The number of fused-ring (bicyclic) bond motifs is 2. The molecule has 4 heteroatoms. The van der Waals surface area contributed by atoms with Crippen LogP contribution in [0.15, 0.2) is 53.5 Å². The van der Waals surface area contributed by atoms with Gasteiger partial charge in [-0.15, -0.1) is 0 Å². The lowest BCUT2D eigenvalue weighted by molar-refractivity contribution is 0.357. The first-order chi connectivity index (χ1) is 10.4. The normalized spacial score (nSPS) is 17.1. The van der Waals surface area contributed by atoms with Crippen LogP contribution in [0.5, 0.6) is 11.5 Å². The highest BCUT2D eigenvalue weighted by atomic mass is 16.5. The summed E-state index contributed by atoms with van der Waals surface area (Å²) in [4.78, 5) is 7.23. The fraction of sp³-hybridized carbons (Fsp3) is 0.235. The van der Waals surface area contributed by atoms with Gasteiger partial charge in [-0.3, -0.25) is 0 Å². The second-order valence-corrected chi connectivity index (χ2v) is 5.24. The van der Waals surface area contributed by atoms with E-state index >= 15 is 0 Å². The number of benzene rings is 2. The van der Waals surface area contributed by atoms with Crippen molar-refractivity contribution in [2.45, 2.75) is 0 Å². The summed E-state index contributed by atoms with van der Waals surface area (Å²) < 4.78 is 6.07. The van der Waals surface area contributed by atoms with Gasteiger partial charge in [0.25, 0.3) is 0 Å². The number of ether oxygens (including phenoxy) is 1. The van der Waals surface area contributed by atoms with E-state index in [-0.39, 0.29) is 0 Å². The van der Waals surface area contributed by atoms with E-state index in [9.17, 15) is 0 Å². The quantitative estimate of drug-likeness (QED) is 0.805. The third-order valence-electron chi connectivity index (χ3n) is 3.86. The van der Waals surface area contributed by atoms with Gasteiger partial charge in [0, 0.05) is 26.2 Å². The molecule has 4 nitrogen and oxygen atoms in total. The number of para-hydroxylation sites is 3. The predicted octanol–water partition coefficient (Wildman–Crippen LogP) is 2.78. The van der Waals surface area contributed by atoms with E-state index in [0.717, 1.165) is 54.8 Å². The summed E-state index contributed by atoms with van der Waals surface area (Å²) in [5, 5.41) is 3.38. The van der Waals surface area contributed by atoms with Crippen molar-refractivity contribution in [3.05, 3.63) is 54.1 Å². The van der Waals surface area contributed by atoms with Crippen LogP contribution in [-0.2, 0) is 0 Å². The molecule has 106 valence electrons. The molecule has 0 atom stereocenters. The molecular weight excluding hydrogens is 262 g/mol. The topological polar surface area (TPSA) is 36.9 Å². The van der Waals surface area contributed by atoms with E-state index in [1.807, 2.05) is 42.5 Å². The van der Waals surface area contributed by atoms with Crippen molar-refractivity contribution in [1.29, 1.82) is 0 Å². The fourth-order valence-corrected chi connectivity index (χ4v) is 2.79. The third kappa shape index (κ3) is 2.28. The molecule has 1 N–H and O–H groups in total. The van der Waals surface area contributed by atoms with Crippen molar-refractivity contribution in [3.63, 3.8) is 0 Å². The molecule has 0 spiro atoms. The zero-order chi connectivity index (χ0) is 14.1. The van der Waals surface area contributed by atoms with E-state index in [4.69, 9.17) is 9.73 Å². The molecule has 0 bridgehead atoms. The van der Waals surface area contributed by atoms with Crippen molar-refractivity contribution in [2.75, 3.05) is 26.2 Å². The van der Waals surface area contributed by atoms with Crippen molar-refractivity contribution in [3.8, 4) is 11.5 Å². The molecule has 4 rings (SSSR count). The van der Waals surface area contributed by atoms with Crippen LogP contribution in [0.4, 0.5) is 5.69 Å². The molecule has 0 radical (unpaired) electrons. The van der Waals surface area contributed by atoms with Crippen LogP contribution in [0.1, 0.15) is 5.56 Å². The van der Waals surface area contributed by atoms with Gasteiger partial charge in [-0.25, -0.2) is 4.99 Å². The van der Waals surface area contributed by atoms with Crippen LogP contribution in [-0.4, -0.2) is 36.9 Å². The number of piperazine rings is 1. The zero-order valence-corrected chi connectivity index (χ0v) is 11.7. The SMILES string of the molecule is c1ccc2c(c1)N=C(N1CCNCC1)c1ccccc1O2. The van der Waals surface area contributed by atoms with E-state index in [2.05, 4.69) is 16.3 Å². The molecule has 0 amide bonds. The van der Waals surface area contributed by atoms with E-state index in [1.165, 1.54) is 0 Å². The van der Waals surface area contributed by atoms with Gasteiger partial charge in [-0.05, 0) is 24.3 Å². The molecule has 2 aliphatic rings. The Morgan fingerprint density at radius 3 is 2.48 bits per heavy atom. The summed E-state index contributed by atoms with van der Waals surface area (Å²) in [5.41, 5.74) is 1.96. The molecule has 2 heterocycles. The summed E-state index contributed by atoms with van der Waals surface area (Å²) in [6.07, 6.45) is 0. The fourth-order valence-electron chi connectivity index (χ4n) is 2.79. The molecule has 1 fully saturated rings. The molecule has 0 saturated carbocycles. The van der Waals surface area contributed by atoms with Gasteiger partial charge >= 0.3 is 0 Å². The lowest BCUT2D eigenvalue weighted by Crippen LogP contribution is -2.46. The largest absolute Gasteiger partial charge is 0.454 e. The maximum atomic E-state index is 6.07. The van der Waals surface area contributed by atoms with Gasteiger partial charge in [0.05, 0.1) is 5.56 Å². The first kappa shape index (κ1) is 12.4. The third-order valence-corrected chi connectivity index (χ3v) is 3.86. The van der Waals surface area contributed by atoms with Crippen LogP contribution >= 0.6 is 0 Å². The molecule has 0 unspecified atom stereocenters. The number of nitrogens with one attached hydrogen (secondary N) is 1. The number of aliphatic imine (C=N–C) groups is 1. The average Bonchev–Trinajstić information content (AvgIpc) is 2.72. The summed E-state index contributed by atoms with van der Waals surface area (Å²) in [6, 6.07) is 16.1. The standard InChI is InChI=1S/C17H17N3O/c1-3-7-15-13(5-1)17(20-11-9-18-10-12-20)19-14-6-2-4-8-16(14)21-15/h1-8,18H,9-12H2. The van der Waals surface area contributed by atoms with Gasteiger partial charge in [0.15, 0.2) is 5.75 Å². The molecular formula is C17H17N3O. The number of hydrogen-bond acceptors (Lipinski definition) is 4. The Morgan fingerprint density at radius 1 is 0.905 bits per heavy atom. The van der Waals surface area contributed by atoms with Gasteiger partial charge in [-0.1, -0.05) is 24.3 Å². The first-order valence-corrected chi connectivity index (χ1v) is 7.32. The molecule has 0 aromatic heterocycles. The smallest absolute Gasteiger partial charge is 0.153 e. The lowest BCUT2D eigenvalue weighted by Gasteiger charge is -2.30. The minimum atomic E-state index is 0.815. The van der Waals surface area contributed by atoms with Crippen molar-refractivity contribution in [1.82, 2.24) is 10.2 Å². The highest BCUT2D eigenvalue weighted by Gasteiger charge is 2.23. The second kappa shape index (κ2) is 5.22. The summed E-state index contributed by atoms with van der Waals surface area (Å²) in [7, 11) is 0. The predicted molar refractivity (Wildman–Crippen MR) is 83.6 cm³/mol. The van der Waals surface area contributed by atoms with Crippen molar-refractivity contribution < 1.29 is 4.74 Å². The average molecular weight is 279 g/mol. The van der Waals surface area contributed by atoms with Gasteiger partial charge in [-0.2, -0.15) is 0 Å². The minimum absolute atomic E-state index is 0.815. The Bertz CT molecular complexity index is 690. The zero-order valence-electron chi connectivity index (χ0n) is 11.7. The summed E-state index contributed by atoms with van der Waals surface area (Å²) in [6.45, 7) is 3.91. The Labute approximate surface area is 124 Å². The van der Waals surface area contributed by atoms with Crippen molar-refractivity contribution in [2.24, 2.45) is 4.99 Å². The second-order valence-electron chi connectivity index (χ2n) is 5.24. The number of nitrogens with zero attached hydrogens (tertiary/aromatic N) is 2. The highest BCUT2D eigenvalue weighted by Crippen LogP contribution is 2.37. The Kier molecular flexibility index (Phi) is 3.09. The minimum Gasteiger partial charge on any atom is -0.454 e. The Balaban J connectivity index is 1.87. The van der Waals surface area contributed by atoms with Crippen LogP contribution in [0, 0.1) is 0 Å². The molecule has 2 aliphatic heterocycles. The summed E-state index contributed by atoms with van der Waals surface area (Å²) in [5.74, 6) is 2.70. The summed E-state index contributed by atoms with van der Waals surface area (Å²) >= 11 is 0. The molecule has 2 aromatic carbocycles. The van der Waals surface area contributed by atoms with Crippen LogP contribution in [0.2, 0.25) is 0 Å².